The number of ether oxygens (including phenoxy) is 3. The van der Waals surface area contributed by atoms with Crippen LogP contribution in [0.25, 0.3) is 0 Å². The molecule has 0 saturated carbocycles. The predicted octanol–water partition coefficient (Wildman–Crippen LogP) is 0.0268. The fourth-order valence-electron chi connectivity index (χ4n) is 2.16. The van der Waals surface area contributed by atoms with E-state index in [1.54, 1.807) is 14.2 Å². The number of methoxy groups -OCH3 is 2. The van der Waals surface area contributed by atoms with Crippen molar-refractivity contribution < 1.29 is 14.2 Å². The molecule has 0 amide bonds. The molecule has 2 unspecified atom stereocenters. The van der Waals surface area contributed by atoms with Gasteiger partial charge in [0.1, 0.15) is 19.6 Å². The van der Waals surface area contributed by atoms with Crippen LogP contribution >= 0.6 is 11.8 Å². The van der Waals surface area contributed by atoms with Gasteiger partial charge in [0.25, 0.3) is 0 Å². The normalized spacial score (nSPS) is 48.6. The summed E-state index contributed by atoms with van der Waals surface area (Å²) < 4.78 is 16.3. The Morgan fingerprint density at radius 1 is 1.62 bits per heavy atom. The van der Waals surface area contributed by atoms with E-state index < -0.39 is 0 Å². The molecular weight excluding hydrogens is 187 g/mol. The lowest BCUT2D eigenvalue weighted by Gasteiger charge is -2.30. The lowest BCUT2D eigenvalue weighted by atomic mass is 9.93. The van der Waals surface area contributed by atoms with Crippen molar-refractivity contribution in [2.24, 2.45) is 0 Å². The van der Waals surface area contributed by atoms with Gasteiger partial charge in [-0.3, -0.25) is 0 Å². The summed E-state index contributed by atoms with van der Waals surface area (Å²) >= 11 is 1.82. The van der Waals surface area contributed by atoms with Crippen molar-refractivity contribution in [1.82, 2.24) is 0 Å². The molecule has 13 heavy (non-hydrogen) atoms. The van der Waals surface area contributed by atoms with Crippen LogP contribution in [0.15, 0.2) is 0 Å². The van der Waals surface area contributed by atoms with Crippen molar-refractivity contribution in [3.63, 3.8) is 0 Å². The maximum atomic E-state index is 5.82. The third kappa shape index (κ3) is 1.33. The molecule has 2 fully saturated rings. The number of thioether (sulfide) groups is 1. The first-order valence-corrected chi connectivity index (χ1v) is 5.35. The Kier molecular flexibility index (Phi) is 2.62. The van der Waals surface area contributed by atoms with Crippen LogP contribution in [0.1, 0.15) is 0 Å². The molecule has 0 spiro atoms. The van der Waals surface area contributed by atoms with Gasteiger partial charge in [0.05, 0.1) is 11.9 Å². The number of hydrogen-bond donors (Lipinski definition) is 0. The fourth-order valence-corrected chi connectivity index (χ4v) is 3.73. The minimum Gasteiger partial charge on any atom is -0.382 e. The molecule has 0 N–H and O–H groups in total. The molecule has 2 heterocycles. The van der Waals surface area contributed by atoms with Crippen molar-refractivity contribution >= 4 is 19.6 Å². The van der Waals surface area contributed by atoms with E-state index in [1.165, 1.54) is 0 Å². The second-order valence-corrected chi connectivity index (χ2v) is 4.68. The Hall–Kier alpha value is 0.295. The minimum atomic E-state index is -0.307. The van der Waals surface area contributed by atoms with Crippen molar-refractivity contribution in [3.8, 4) is 0 Å². The quantitative estimate of drug-likeness (QED) is 0.600. The van der Waals surface area contributed by atoms with E-state index in [1.807, 2.05) is 11.8 Å². The maximum Gasteiger partial charge on any atom is 0.127 e. The topological polar surface area (TPSA) is 27.7 Å². The van der Waals surface area contributed by atoms with Crippen LogP contribution in [-0.2, 0) is 14.2 Å². The minimum absolute atomic E-state index is 0.0763. The molecule has 0 aliphatic carbocycles. The largest absolute Gasteiger partial charge is 0.382 e. The molecular formula is C8H13BO3S. The van der Waals surface area contributed by atoms with E-state index in [4.69, 9.17) is 22.1 Å². The van der Waals surface area contributed by atoms with Crippen molar-refractivity contribution in [3.05, 3.63) is 0 Å². The number of hydrogen-bond acceptors (Lipinski definition) is 4. The Labute approximate surface area is 83.9 Å². The molecule has 4 atom stereocenters. The highest BCUT2D eigenvalue weighted by Crippen LogP contribution is 2.48. The second-order valence-electron chi connectivity index (χ2n) is 3.51. The molecule has 2 bridgehead atoms. The molecule has 2 saturated heterocycles. The lowest BCUT2D eigenvalue weighted by Crippen LogP contribution is -2.45. The molecule has 2 aliphatic heterocycles. The van der Waals surface area contributed by atoms with Crippen molar-refractivity contribution in [2.75, 3.05) is 26.6 Å². The molecule has 0 aromatic rings. The average molecular weight is 200 g/mol. The summed E-state index contributed by atoms with van der Waals surface area (Å²) in [4.78, 5) is 0. The van der Waals surface area contributed by atoms with Crippen LogP contribution in [0.3, 0.4) is 0 Å². The third-order valence-electron chi connectivity index (χ3n) is 2.67. The summed E-state index contributed by atoms with van der Waals surface area (Å²) in [5.74, 6) is 0.914. The Bertz CT molecular complexity index is 204. The van der Waals surface area contributed by atoms with Crippen LogP contribution in [0.5, 0.6) is 0 Å². The standard InChI is InChI=1S/C8H13BO3S/c1-10-3-8-4-13-5(6(8)11-2)7(9)12-8/h5-7H,3-4H2,1-2H3/t5?,6?,7-,8+/m1/s1. The van der Waals surface area contributed by atoms with Gasteiger partial charge in [-0.2, -0.15) is 11.8 Å². The Morgan fingerprint density at radius 3 is 2.92 bits per heavy atom. The molecule has 2 rings (SSSR count). The first kappa shape index (κ1) is 9.83. The molecule has 72 valence electrons. The first-order valence-electron chi connectivity index (χ1n) is 4.30. The molecule has 2 radical (unpaired) electrons. The van der Waals surface area contributed by atoms with E-state index in [0.717, 1.165) is 5.75 Å². The zero-order chi connectivity index (χ0) is 9.47. The second kappa shape index (κ2) is 3.46. The zero-order valence-corrected chi connectivity index (χ0v) is 8.67. The molecule has 0 aromatic carbocycles. The van der Waals surface area contributed by atoms with Gasteiger partial charge in [-0.1, -0.05) is 0 Å². The fraction of sp³-hybridized carbons (Fsp3) is 1.00. The average Bonchev–Trinajstić information content (AvgIpc) is 2.55. The zero-order valence-electron chi connectivity index (χ0n) is 7.86. The third-order valence-corrected chi connectivity index (χ3v) is 4.23. The Balaban J connectivity index is 2.17. The van der Waals surface area contributed by atoms with Crippen LogP contribution in [0, 0.1) is 0 Å². The molecule has 2 aliphatic rings. The van der Waals surface area contributed by atoms with Crippen molar-refractivity contribution in [2.45, 2.75) is 23.0 Å². The smallest absolute Gasteiger partial charge is 0.127 e. The van der Waals surface area contributed by atoms with Gasteiger partial charge in [-0.25, -0.2) is 0 Å². The summed E-state index contributed by atoms with van der Waals surface area (Å²) in [7, 11) is 9.20. The Morgan fingerprint density at radius 2 is 2.38 bits per heavy atom. The predicted molar refractivity (Wildman–Crippen MR) is 52.3 cm³/mol. The highest BCUT2D eigenvalue weighted by atomic mass is 32.2. The first-order chi connectivity index (χ1) is 6.23. The van der Waals surface area contributed by atoms with Gasteiger partial charge in [0.15, 0.2) is 0 Å². The van der Waals surface area contributed by atoms with Crippen LogP contribution in [-0.4, -0.2) is 57.4 Å². The number of rotatable bonds is 3. The maximum absolute atomic E-state index is 5.82. The van der Waals surface area contributed by atoms with E-state index in [9.17, 15) is 0 Å². The van der Waals surface area contributed by atoms with Crippen molar-refractivity contribution in [1.29, 1.82) is 0 Å². The molecule has 3 nitrogen and oxygen atoms in total. The highest BCUT2D eigenvalue weighted by molar-refractivity contribution is 8.00. The van der Waals surface area contributed by atoms with E-state index >= 15 is 0 Å². The number of fused-ring (bicyclic) bond motifs is 2. The van der Waals surface area contributed by atoms with Crippen LogP contribution < -0.4 is 0 Å². The lowest BCUT2D eigenvalue weighted by molar-refractivity contribution is -0.0981. The molecule has 5 heteroatoms. The van der Waals surface area contributed by atoms with Crippen LogP contribution in [0.2, 0.25) is 0 Å². The van der Waals surface area contributed by atoms with Gasteiger partial charge in [0, 0.05) is 26.0 Å². The van der Waals surface area contributed by atoms with Gasteiger partial charge in [-0.05, 0) is 0 Å². The van der Waals surface area contributed by atoms with Gasteiger partial charge in [-0.15, -0.1) is 0 Å². The highest BCUT2D eigenvalue weighted by Gasteiger charge is 2.59. The monoisotopic (exact) mass is 200 g/mol. The van der Waals surface area contributed by atoms with Gasteiger partial charge < -0.3 is 14.2 Å². The summed E-state index contributed by atoms with van der Waals surface area (Å²) in [6, 6.07) is -0.209. The summed E-state index contributed by atoms with van der Waals surface area (Å²) in [5.41, 5.74) is -0.307. The summed E-state index contributed by atoms with van der Waals surface area (Å²) in [5, 5.41) is 0.264. The SMILES string of the molecule is [B][C@@H]1O[C@@]2(COC)CSC1C2OC. The van der Waals surface area contributed by atoms with E-state index in [2.05, 4.69) is 0 Å². The summed E-state index contributed by atoms with van der Waals surface area (Å²) in [6.45, 7) is 0.558. The molecule has 0 aromatic heterocycles. The summed E-state index contributed by atoms with van der Waals surface area (Å²) in [6.07, 6.45) is 0.0763. The van der Waals surface area contributed by atoms with Gasteiger partial charge in [0.2, 0.25) is 0 Å². The van der Waals surface area contributed by atoms with Crippen LogP contribution in [0.4, 0.5) is 0 Å². The van der Waals surface area contributed by atoms with Gasteiger partial charge >= 0.3 is 0 Å². The van der Waals surface area contributed by atoms with E-state index in [-0.39, 0.29) is 23.0 Å². The van der Waals surface area contributed by atoms with E-state index in [0.29, 0.717) is 6.61 Å².